The van der Waals surface area contributed by atoms with Gasteiger partial charge in [0.2, 0.25) is 0 Å². The van der Waals surface area contributed by atoms with Crippen molar-refractivity contribution < 1.29 is 23.8 Å². The van der Waals surface area contributed by atoms with E-state index in [1.54, 1.807) is 6.07 Å². The Kier molecular flexibility index (Phi) is 7.07. The normalized spacial score (nSPS) is 23.2. The minimum absolute atomic E-state index is 0.0374. The number of hydrogen-bond donors (Lipinski definition) is 0. The Hall–Kier alpha value is -2.90. The molecule has 3 heterocycles. The fraction of sp³-hybridized carbons (Fsp3) is 0.500. The quantitative estimate of drug-likeness (QED) is 0.609. The predicted octanol–water partition coefficient (Wildman–Crippen LogP) is 3.80. The maximum Gasteiger partial charge on any atom is 0.253 e. The Morgan fingerprint density at radius 2 is 1.49 bits per heavy atom. The van der Waals surface area contributed by atoms with Crippen molar-refractivity contribution in [3.8, 4) is 11.5 Å². The zero-order valence-corrected chi connectivity index (χ0v) is 20.6. The van der Waals surface area contributed by atoms with E-state index in [1.165, 1.54) is 5.56 Å². The summed E-state index contributed by atoms with van der Waals surface area (Å²) >= 11 is 0. The molecule has 2 aromatic carbocycles. The van der Waals surface area contributed by atoms with Crippen LogP contribution in [0.4, 0.5) is 0 Å². The van der Waals surface area contributed by atoms with Crippen molar-refractivity contribution in [3.63, 3.8) is 0 Å². The fourth-order valence-corrected chi connectivity index (χ4v) is 5.38. The molecular weight excluding hydrogens is 444 g/mol. The highest BCUT2D eigenvalue weighted by atomic mass is 16.6. The number of benzene rings is 2. The summed E-state index contributed by atoms with van der Waals surface area (Å²) in [6.45, 7) is 9.13. The third-order valence-corrected chi connectivity index (χ3v) is 7.08. The summed E-state index contributed by atoms with van der Waals surface area (Å²) in [6.07, 6.45) is 1.82. The van der Waals surface area contributed by atoms with Crippen molar-refractivity contribution in [3.05, 3.63) is 59.2 Å². The second-order valence-electron chi connectivity index (χ2n) is 9.94. The highest BCUT2D eigenvalue weighted by Gasteiger charge is 2.29. The van der Waals surface area contributed by atoms with Gasteiger partial charge in [0, 0.05) is 49.8 Å². The Bertz CT molecular complexity index is 1050. The molecule has 186 valence electrons. The van der Waals surface area contributed by atoms with Crippen LogP contribution in [0.1, 0.15) is 53.0 Å². The molecule has 0 aliphatic carbocycles. The van der Waals surface area contributed by atoms with Gasteiger partial charge in [0.15, 0.2) is 17.3 Å². The number of piperidine rings is 1. The molecule has 7 heteroatoms. The van der Waals surface area contributed by atoms with Crippen LogP contribution in [0.25, 0.3) is 0 Å². The summed E-state index contributed by atoms with van der Waals surface area (Å²) in [5, 5.41) is 0. The van der Waals surface area contributed by atoms with E-state index in [1.807, 2.05) is 29.2 Å². The molecule has 0 bridgehead atoms. The SMILES string of the molecule is CC1CN(Cc2ccc(C(=O)N3CCC(C(=O)c4ccc5c(c4)OCCO5)CC3)cc2)CC(C)O1. The van der Waals surface area contributed by atoms with Gasteiger partial charge in [-0.25, -0.2) is 0 Å². The standard InChI is InChI=1S/C28H34N2O5/c1-19-16-29(17-20(2)35-19)18-21-3-5-23(6-4-21)28(32)30-11-9-22(10-12-30)27(31)24-7-8-25-26(15-24)34-14-13-33-25/h3-8,15,19-20,22H,9-14,16-18H2,1-2H3. The average Bonchev–Trinajstić information content (AvgIpc) is 2.87. The maximum atomic E-state index is 13.1. The van der Waals surface area contributed by atoms with Gasteiger partial charge >= 0.3 is 0 Å². The minimum atomic E-state index is -0.0812. The number of morpholine rings is 1. The zero-order valence-electron chi connectivity index (χ0n) is 20.6. The molecule has 2 aromatic rings. The van der Waals surface area contributed by atoms with Gasteiger partial charge in [0.05, 0.1) is 12.2 Å². The highest BCUT2D eigenvalue weighted by Crippen LogP contribution is 2.32. The second-order valence-corrected chi connectivity index (χ2v) is 9.94. The molecule has 0 N–H and O–H groups in total. The van der Waals surface area contributed by atoms with Crippen LogP contribution in [-0.2, 0) is 11.3 Å². The van der Waals surface area contributed by atoms with Gasteiger partial charge in [0.1, 0.15) is 13.2 Å². The molecule has 2 fully saturated rings. The lowest BCUT2D eigenvalue weighted by atomic mass is 9.88. The van der Waals surface area contributed by atoms with E-state index < -0.39 is 0 Å². The van der Waals surface area contributed by atoms with Gasteiger partial charge in [-0.3, -0.25) is 14.5 Å². The minimum Gasteiger partial charge on any atom is -0.486 e. The number of ether oxygens (including phenoxy) is 3. The van der Waals surface area contributed by atoms with E-state index in [0.29, 0.717) is 61.8 Å². The number of ketones is 1. The number of carbonyl (C=O) groups excluding carboxylic acids is 2. The van der Waals surface area contributed by atoms with Crippen molar-refractivity contribution >= 4 is 11.7 Å². The number of nitrogens with zero attached hydrogens (tertiary/aromatic N) is 2. The zero-order chi connectivity index (χ0) is 24.4. The van der Waals surface area contributed by atoms with E-state index in [-0.39, 0.29) is 29.8 Å². The summed E-state index contributed by atoms with van der Waals surface area (Å²) in [6, 6.07) is 13.4. The lowest BCUT2D eigenvalue weighted by molar-refractivity contribution is -0.0704. The molecule has 2 unspecified atom stereocenters. The van der Waals surface area contributed by atoms with Crippen LogP contribution < -0.4 is 9.47 Å². The number of likely N-dealkylation sites (tertiary alicyclic amines) is 1. The third-order valence-electron chi connectivity index (χ3n) is 7.08. The Labute approximate surface area is 206 Å². The molecule has 35 heavy (non-hydrogen) atoms. The Balaban J connectivity index is 1.14. The lowest BCUT2D eigenvalue weighted by Crippen LogP contribution is -2.44. The van der Waals surface area contributed by atoms with Crippen molar-refractivity contribution in [1.29, 1.82) is 0 Å². The first-order valence-electron chi connectivity index (χ1n) is 12.7. The maximum absolute atomic E-state index is 13.1. The van der Waals surface area contributed by atoms with Crippen molar-refractivity contribution in [2.45, 2.75) is 45.4 Å². The van der Waals surface area contributed by atoms with Crippen LogP contribution in [0.5, 0.6) is 11.5 Å². The van der Waals surface area contributed by atoms with Crippen molar-refractivity contribution in [2.24, 2.45) is 5.92 Å². The van der Waals surface area contributed by atoms with Crippen molar-refractivity contribution in [2.75, 3.05) is 39.4 Å². The number of amides is 1. The molecule has 1 amide bonds. The van der Waals surface area contributed by atoms with Crippen LogP contribution >= 0.6 is 0 Å². The van der Waals surface area contributed by atoms with Gasteiger partial charge in [-0.15, -0.1) is 0 Å². The number of rotatable bonds is 5. The van der Waals surface area contributed by atoms with Gasteiger partial charge in [0.25, 0.3) is 5.91 Å². The van der Waals surface area contributed by atoms with Gasteiger partial charge in [-0.1, -0.05) is 12.1 Å². The number of carbonyl (C=O) groups is 2. The molecule has 0 radical (unpaired) electrons. The predicted molar refractivity (Wildman–Crippen MR) is 132 cm³/mol. The molecule has 7 nitrogen and oxygen atoms in total. The Morgan fingerprint density at radius 1 is 0.857 bits per heavy atom. The summed E-state index contributed by atoms with van der Waals surface area (Å²) in [4.78, 5) is 30.4. The molecule has 3 aliphatic rings. The fourth-order valence-electron chi connectivity index (χ4n) is 5.38. The molecule has 3 aliphatic heterocycles. The summed E-state index contributed by atoms with van der Waals surface area (Å²) in [5.41, 5.74) is 2.55. The molecule has 0 aromatic heterocycles. The van der Waals surface area contributed by atoms with Gasteiger partial charge in [-0.2, -0.15) is 0 Å². The average molecular weight is 479 g/mol. The lowest BCUT2D eigenvalue weighted by Gasteiger charge is -2.35. The van der Waals surface area contributed by atoms with E-state index in [4.69, 9.17) is 14.2 Å². The highest BCUT2D eigenvalue weighted by molar-refractivity contribution is 5.99. The summed E-state index contributed by atoms with van der Waals surface area (Å²) in [7, 11) is 0. The summed E-state index contributed by atoms with van der Waals surface area (Å²) in [5.74, 6) is 1.40. The van der Waals surface area contributed by atoms with Crippen LogP contribution in [0.3, 0.4) is 0 Å². The van der Waals surface area contributed by atoms with Crippen LogP contribution in [-0.4, -0.2) is 73.1 Å². The second kappa shape index (κ2) is 10.4. The number of Topliss-reactive ketones (excluding diaryl/α,β-unsaturated/α-hetero) is 1. The smallest absolute Gasteiger partial charge is 0.253 e. The largest absolute Gasteiger partial charge is 0.486 e. The van der Waals surface area contributed by atoms with Crippen LogP contribution in [0, 0.1) is 5.92 Å². The number of fused-ring (bicyclic) bond motifs is 1. The molecule has 0 saturated carbocycles. The van der Waals surface area contributed by atoms with E-state index in [9.17, 15) is 9.59 Å². The van der Waals surface area contributed by atoms with Crippen molar-refractivity contribution in [1.82, 2.24) is 9.80 Å². The first-order chi connectivity index (χ1) is 17.0. The van der Waals surface area contributed by atoms with Crippen LogP contribution in [0.15, 0.2) is 42.5 Å². The van der Waals surface area contributed by atoms with E-state index in [2.05, 4.69) is 30.9 Å². The molecule has 2 atom stereocenters. The molecule has 0 spiro atoms. The summed E-state index contributed by atoms with van der Waals surface area (Å²) < 4.78 is 17.0. The van der Waals surface area contributed by atoms with Gasteiger partial charge < -0.3 is 19.1 Å². The topological polar surface area (TPSA) is 68.3 Å². The van der Waals surface area contributed by atoms with Crippen LogP contribution in [0.2, 0.25) is 0 Å². The third kappa shape index (κ3) is 5.52. The monoisotopic (exact) mass is 478 g/mol. The van der Waals surface area contributed by atoms with Gasteiger partial charge in [-0.05, 0) is 62.6 Å². The van der Waals surface area contributed by atoms with E-state index >= 15 is 0 Å². The molecular formula is C28H34N2O5. The molecule has 2 saturated heterocycles. The Morgan fingerprint density at radius 3 is 2.17 bits per heavy atom. The first kappa shape index (κ1) is 23.8. The first-order valence-corrected chi connectivity index (χ1v) is 12.7. The molecule has 5 rings (SSSR count). The number of hydrogen-bond acceptors (Lipinski definition) is 6. The van der Waals surface area contributed by atoms with E-state index in [0.717, 1.165) is 19.6 Å².